The Hall–Kier alpha value is -3.19. The second-order valence-electron chi connectivity index (χ2n) is 7.79. The zero-order valence-corrected chi connectivity index (χ0v) is 20.0. The Morgan fingerprint density at radius 1 is 1.09 bits per heavy atom. The number of alkyl halides is 3. The summed E-state index contributed by atoms with van der Waals surface area (Å²) in [6.45, 7) is 0.196. The highest BCUT2D eigenvalue weighted by atomic mass is 32.1. The van der Waals surface area contributed by atoms with Crippen LogP contribution in [-0.2, 0) is 0 Å². The maximum absolute atomic E-state index is 13.3. The van der Waals surface area contributed by atoms with Crippen LogP contribution in [0.3, 0.4) is 0 Å². The number of thiazole rings is 2. The lowest BCUT2D eigenvalue weighted by molar-refractivity contribution is -0.0609. The third kappa shape index (κ3) is 6.69. The SMILES string of the molecule is O=C(N/N=C(\CCCCNC(=O)c1nc(-c2nccs2)sc1C1CC1)C(F)(F)F)c1ccncc1. The van der Waals surface area contributed by atoms with E-state index < -0.39 is 24.2 Å². The van der Waals surface area contributed by atoms with Crippen molar-refractivity contribution in [2.24, 2.45) is 5.10 Å². The number of aromatic nitrogens is 3. The molecular formula is C22H21F3N6O2S2. The van der Waals surface area contributed by atoms with Crippen molar-refractivity contribution in [2.75, 3.05) is 6.54 Å². The molecule has 0 radical (unpaired) electrons. The van der Waals surface area contributed by atoms with E-state index in [2.05, 4.69) is 25.4 Å². The van der Waals surface area contributed by atoms with Crippen LogP contribution in [0, 0.1) is 0 Å². The van der Waals surface area contributed by atoms with E-state index in [0.717, 1.165) is 22.7 Å². The van der Waals surface area contributed by atoms with Crippen molar-refractivity contribution < 1.29 is 22.8 Å². The number of hydrogen-bond acceptors (Lipinski definition) is 8. The molecule has 1 aliphatic rings. The summed E-state index contributed by atoms with van der Waals surface area (Å²) in [5, 5.41) is 9.34. The number of rotatable bonds is 10. The van der Waals surface area contributed by atoms with Gasteiger partial charge in [0.2, 0.25) is 0 Å². The van der Waals surface area contributed by atoms with Crippen molar-refractivity contribution >= 4 is 40.2 Å². The fourth-order valence-corrected chi connectivity index (χ4v) is 5.10. The Balaban J connectivity index is 1.28. The highest BCUT2D eigenvalue weighted by molar-refractivity contribution is 7.20. The first kappa shape index (κ1) is 24.9. The van der Waals surface area contributed by atoms with E-state index in [1.165, 1.54) is 47.2 Å². The number of carbonyl (C=O) groups is 2. The molecule has 13 heteroatoms. The molecule has 2 N–H and O–H groups in total. The van der Waals surface area contributed by atoms with Crippen LogP contribution in [0.15, 0.2) is 41.2 Å². The average molecular weight is 523 g/mol. The maximum atomic E-state index is 13.3. The molecule has 3 aromatic rings. The predicted molar refractivity (Wildman–Crippen MR) is 127 cm³/mol. The molecule has 35 heavy (non-hydrogen) atoms. The molecule has 2 amide bonds. The van der Waals surface area contributed by atoms with Crippen LogP contribution in [0.2, 0.25) is 0 Å². The maximum Gasteiger partial charge on any atom is 0.431 e. The fourth-order valence-electron chi connectivity index (χ4n) is 3.19. The van der Waals surface area contributed by atoms with E-state index in [1.807, 2.05) is 10.8 Å². The van der Waals surface area contributed by atoms with Crippen LogP contribution in [0.1, 0.15) is 63.7 Å². The number of carbonyl (C=O) groups excluding carboxylic acids is 2. The van der Waals surface area contributed by atoms with E-state index in [9.17, 15) is 22.8 Å². The highest BCUT2D eigenvalue weighted by Crippen LogP contribution is 2.46. The Morgan fingerprint density at radius 3 is 2.51 bits per heavy atom. The summed E-state index contributed by atoms with van der Waals surface area (Å²) in [5.41, 5.74) is 1.38. The third-order valence-corrected chi connectivity index (χ3v) is 7.25. The number of unbranched alkanes of at least 4 members (excludes halogenated alkanes) is 1. The molecule has 3 heterocycles. The molecular weight excluding hydrogens is 501 g/mol. The normalized spacial score (nSPS) is 14.1. The van der Waals surface area contributed by atoms with Gasteiger partial charge in [-0.05, 0) is 50.2 Å². The van der Waals surface area contributed by atoms with E-state index in [4.69, 9.17) is 0 Å². The largest absolute Gasteiger partial charge is 0.431 e. The van der Waals surface area contributed by atoms with Crippen molar-refractivity contribution in [1.29, 1.82) is 0 Å². The van der Waals surface area contributed by atoms with Gasteiger partial charge >= 0.3 is 6.18 Å². The lowest BCUT2D eigenvalue weighted by Gasteiger charge is -2.11. The summed E-state index contributed by atoms with van der Waals surface area (Å²) in [5.74, 6) is -0.761. The molecule has 1 fully saturated rings. The molecule has 0 aromatic carbocycles. The van der Waals surface area contributed by atoms with Crippen LogP contribution in [0.4, 0.5) is 13.2 Å². The smallest absolute Gasteiger partial charge is 0.351 e. The Bertz CT molecular complexity index is 1190. The van der Waals surface area contributed by atoms with Crippen molar-refractivity contribution in [1.82, 2.24) is 25.7 Å². The van der Waals surface area contributed by atoms with Gasteiger partial charge in [-0.2, -0.15) is 18.3 Å². The van der Waals surface area contributed by atoms with E-state index in [-0.39, 0.29) is 24.4 Å². The van der Waals surface area contributed by atoms with Crippen LogP contribution >= 0.6 is 22.7 Å². The van der Waals surface area contributed by atoms with Crippen molar-refractivity contribution in [3.05, 3.63) is 52.2 Å². The predicted octanol–water partition coefficient (Wildman–Crippen LogP) is 4.79. The van der Waals surface area contributed by atoms with Gasteiger partial charge in [-0.3, -0.25) is 14.6 Å². The fraction of sp³-hybridized carbons (Fsp3) is 0.364. The van der Waals surface area contributed by atoms with Crippen LogP contribution < -0.4 is 10.7 Å². The van der Waals surface area contributed by atoms with Gasteiger partial charge in [0.15, 0.2) is 10.0 Å². The number of nitrogens with one attached hydrogen (secondary N) is 2. The van der Waals surface area contributed by atoms with Gasteiger partial charge in [0.25, 0.3) is 11.8 Å². The molecule has 0 atom stereocenters. The van der Waals surface area contributed by atoms with E-state index in [0.29, 0.717) is 23.0 Å². The van der Waals surface area contributed by atoms with Gasteiger partial charge < -0.3 is 5.32 Å². The van der Waals surface area contributed by atoms with Crippen LogP contribution in [-0.4, -0.2) is 45.2 Å². The topological polar surface area (TPSA) is 109 Å². The Labute approximate surface area is 206 Å². The second-order valence-corrected chi connectivity index (χ2v) is 9.71. The van der Waals surface area contributed by atoms with Gasteiger partial charge in [-0.25, -0.2) is 15.4 Å². The average Bonchev–Trinajstić information content (AvgIpc) is 3.34. The first-order valence-electron chi connectivity index (χ1n) is 10.9. The summed E-state index contributed by atoms with van der Waals surface area (Å²) in [6, 6.07) is 2.75. The van der Waals surface area contributed by atoms with Gasteiger partial charge in [0, 0.05) is 41.0 Å². The summed E-state index contributed by atoms with van der Waals surface area (Å²) in [7, 11) is 0. The van der Waals surface area contributed by atoms with Gasteiger partial charge in [-0.15, -0.1) is 22.7 Å². The summed E-state index contributed by atoms with van der Waals surface area (Å²) in [6.07, 6.45) is 1.78. The minimum absolute atomic E-state index is 0.126. The lowest BCUT2D eigenvalue weighted by atomic mass is 10.1. The number of pyridine rings is 1. The summed E-state index contributed by atoms with van der Waals surface area (Å²) >= 11 is 2.92. The lowest BCUT2D eigenvalue weighted by Crippen LogP contribution is -2.29. The minimum Gasteiger partial charge on any atom is -0.351 e. The molecule has 0 aliphatic heterocycles. The first-order chi connectivity index (χ1) is 16.8. The van der Waals surface area contributed by atoms with Crippen molar-refractivity contribution in [3.63, 3.8) is 0 Å². The molecule has 0 bridgehead atoms. The molecule has 0 spiro atoms. The van der Waals surface area contributed by atoms with E-state index >= 15 is 0 Å². The standard InChI is InChI=1S/C22H21F3N6O2S2/c23-22(24,25)15(30-31-18(32)14-6-9-26-10-7-14)3-1-2-8-27-19(33)16-17(13-4-5-13)35-21(29-16)20-28-11-12-34-20/h6-7,9-13H,1-5,8H2,(H,27,33)(H,31,32)/b30-15+. The quantitative estimate of drug-likeness (QED) is 0.226. The molecule has 1 saturated carbocycles. The molecule has 3 aromatic heterocycles. The summed E-state index contributed by atoms with van der Waals surface area (Å²) in [4.78, 5) is 38.1. The molecule has 0 saturated heterocycles. The molecule has 8 nitrogen and oxygen atoms in total. The monoisotopic (exact) mass is 522 g/mol. The van der Waals surface area contributed by atoms with Gasteiger partial charge in [0.05, 0.1) is 0 Å². The molecule has 184 valence electrons. The van der Waals surface area contributed by atoms with Crippen molar-refractivity contribution in [3.8, 4) is 10.0 Å². The number of hydrogen-bond donors (Lipinski definition) is 2. The zero-order valence-electron chi connectivity index (χ0n) is 18.3. The third-order valence-electron chi connectivity index (χ3n) is 5.12. The number of halogens is 3. The number of nitrogens with zero attached hydrogens (tertiary/aromatic N) is 4. The first-order valence-corrected chi connectivity index (χ1v) is 12.6. The second kappa shape index (κ2) is 11.0. The van der Waals surface area contributed by atoms with Crippen molar-refractivity contribution in [2.45, 2.75) is 44.2 Å². The van der Waals surface area contributed by atoms with Gasteiger partial charge in [-0.1, -0.05) is 0 Å². The molecule has 0 unspecified atom stereocenters. The Kier molecular flexibility index (Phi) is 7.86. The number of amides is 2. The molecule has 1 aliphatic carbocycles. The van der Waals surface area contributed by atoms with Crippen LogP contribution in [0.25, 0.3) is 10.0 Å². The van der Waals surface area contributed by atoms with E-state index in [1.54, 1.807) is 6.20 Å². The molecule has 4 rings (SSSR count). The van der Waals surface area contributed by atoms with Crippen LogP contribution in [0.5, 0.6) is 0 Å². The highest BCUT2D eigenvalue weighted by Gasteiger charge is 2.35. The number of hydrazone groups is 1. The Morgan fingerprint density at radius 2 is 1.86 bits per heavy atom. The summed E-state index contributed by atoms with van der Waals surface area (Å²) < 4.78 is 39.9. The zero-order chi connectivity index (χ0) is 24.8. The minimum atomic E-state index is -4.68. The van der Waals surface area contributed by atoms with Gasteiger partial charge in [0.1, 0.15) is 11.4 Å².